The Kier molecular flexibility index (Phi) is 4.40. The quantitative estimate of drug-likeness (QED) is 0.509. The molecule has 28 heavy (non-hydrogen) atoms. The molecule has 0 aliphatic rings. The highest BCUT2D eigenvalue weighted by atomic mass is 16.1. The summed E-state index contributed by atoms with van der Waals surface area (Å²) in [4.78, 5) is 15.3. The van der Waals surface area contributed by atoms with Crippen molar-refractivity contribution in [2.45, 2.75) is 6.54 Å². The standard InChI is InChI=1S/C23H18N4O/c24-12-14-5-7-15(8-6-14)21-11-20-18(17-4-2-1-3-16(17)13-25)9-10-19(23(26)28)22(20)27-21/h1-11,27H,13,25H2,(H2,26,28). The van der Waals surface area contributed by atoms with Crippen molar-refractivity contribution in [2.75, 3.05) is 0 Å². The topological polar surface area (TPSA) is 109 Å². The number of aromatic nitrogens is 1. The van der Waals surface area contributed by atoms with Gasteiger partial charge in [-0.15, -0.1) is 0 Å². The number of nitrogens with one attached hydrogen (secondary N) is 1. The number of aromatic amines is 1. The van der Waals surface area contributed by atoms with Crippen LogP contribution in [0.1, 0.15) is 21.5 Å². The fraction of sp³-hybridized carbons (Fsp3) is 0.0435. The average Bonchev–Trinajstić information content (AvgIpc) is 3.18. The Morgan fingerprint density at radius 3 is 2.43 bits per heavy atom. The van der Waals surface area contributed by atoms with Crippen LogP contribution in [0.15, 0.2) is 66.7 Å². The molecule has 1 amide bonds. The summed E-state index contributed by atoms with van der Waals surface area (Å²) in [5, 5.41) is 9.90. The molecular formula is C23H18N4O. The van der Waals surface area contributed by atoms with E-state index in [2.05, 4.69) is 11.1 Å². The number of fused-ring (bicyclic) bond motifs is 1. The highest BCUT2D eigenvalue weighted by molar-refractivity contribution is 6.10. The Bertz CT molecular complexity index is 1230. The van der Waals surface area contributed by atoms with Gasteiger partial charge in [0.05, 0.1) is 22.7 Å². The fourth-order valence-electron chi connectivity index (χ4n) is 3.50. The van der Waals surface area contributed by atoms with Gasteiger partial charge in [-0.05, 0) is 46.5 Å². The highest BCUT2D eigenvalue weighted by Crippen LogP contribution is 2.35. The van der Waals surface area contributed by atoms with Crippen LogP contribution in [0.25, 0.3) is 33.3 Å². The molecule has 0 bridgehead atoms. The second-order valence-corrected chi connectivity index (χ2v) is 6.55. The van der Waals surface area contributed by atoms with Crippen LogP contribution in [0.5, 0.6) is 0 Å². The summed E-state index contributed by atoms with van der Waals surface area (Å²) in [7, 11) is 0. The molecule has 4 aromatic rings. The molecule has 0 saturated heterocycles. The lowest BCUT2D eigenvalue weighted by Crippen LogP contribution is -2.11. The van der Waals surface area contributed by atoms with Crippen LogP contribution in [0.4, 0.5) is 0 Å². The van der Waals surface area contributed by atoms with Gasteiger partial charge in [0.2, 0.25) is 0 Å². The zero-order valence-electron chi connectivity index (χ0n) is 15.1. The first-order valence-corrected chi connectivity index (χ1v) is 8.86. The molecule has 136 valence electrons. The predicted octanol–water partition coefficient (Wildman–Crippen LogP) is 3.93. The summed E-state index contributed by atoms with van der Waals surface area (Å²) in [5.74, 6) is -0.489. The molecule has 1 heterocycles. The first kappa shape index (κ1) is 17.5. The zero-order chi connectivity index (χ0) is 19.7. The van der Waals surface area contributed by atoms with Gasteiger partial charge in [0, 0.05) is 17.6 Å². The number of rotatable bonds is 4. The number of amides is 1. The molecule has 5 N–H and O–H groups in total. The van der Waals surface area contributed by atoms with E-state index in [1.54, 1.807) is 18.2 Å². The van der Waals surface area contributed by atoms with Crippen LogP contribution in [0.3, 0.4) is 0 Å². The number of nitriles is 1. The normalized spacial score (nSPS) is 10.7. The van der Waals surface area contributed by atoms with Gasteiger partial charge in [0.15, 0.2) is 0 Å². The molecule has 0 aliphatic carbocycles. The number of hydrogen-bond acceptors (Lipinski definition) is 3. The molecule has 0 spiro atoms. The van der Waals surface area contributed by atoms with Crippen molar-refractivity contribution in [1.29, 1.82) is 5.26 Å². The lowest BCUT2D eigenvalue weighted by atomic mass is 9.95. The third-order valence-corrected chi connectivity index (χ3v) is 4.91. The smallest absolute Gasteiger partial charge is 0.250 e. The molecule has 0 aliphatic heterocycles. The minimum atomic E-state index is -0.489. The Balaban J connectivity index is 1.97. The maximum Gasteiger partial charge on any atom is 0.250 e. The number of carbonyl (C=O) groups excluding carboxylic acids is 1. The lowest BCUT2D eigenvalue weighted by molar-refractivity contribution is 0.100. The van der Waals surface area contributed by atoms with E-state index in [-0.39, 0.29) is 0 Å². The minimum absolute atomic E-state index is 0.419. The van der Waals surface area contributed by atoms with Gasteiger partial charge in [-0.25, -0.2) is 0 Å². The maximum absolute atomic E-state index is 12.0. The average molecular weight is 366 g/mol. The zero-order valence-corrected chi connectivity index (χ0v) is 15.1. The minimum Gasteiger partial charge on any atom is -0.366 e. The van der Waals surface area contributed by atoms with E-state index in [9.17, 15) is 4.79 Å². The molecule has 1 aromatic heterocycles. The number of hydrogen-bond donors (Lipinski definition) is 3. The molecule has 0 radical (unpaired) electrons. The van der Waals surface area contributed by atoms with Crippen molar-refractivity contribution in [3.05, 3.63) is 83.4 Å². The van der Waals surface area contributed by atoms with Crippen LogP contribution in [-0.4, -0.2) is 10.9 Å². The van der Waals surface area contributed by atoms with E-state index in [0.29, 0.717) is 23.2 Å². The Labute approximate surface area is 162 Å². The van der Waals surface area contributed by atoms with Gasteiger partial charge >= 0.3 is 0 Å². The number of H-pyrrole nitrogens is 1. The van der Waals surface area contributed by atoms with E-state index in [1.807, 2.05) is 48.5 Å². The second-order valence-electron chi connectivity index (χ2n) is 6.55. The Hall–Kier alpha value is -3.88. The second kappa shape index (κ2) is 7.03. The monoisotopic (exact) mass is 366 g/mol. The van der Waals surface area contributed by atoms with Crippen molar-refractivity contribution in [3.8, 4) is 28.5 Å². The molecule has 0 atom stereocenters. The molecule has 4 rings (SSSR count). The van der Waals surface area contributed by atoms with Crippen LogP contribution in [0, 0.1) is 11.3 Å². The van der Waals surface area contributed by atoms with Gasteiger partial charge in [-0.1, -0.05) is 42.5 Å². The first-order valence-electron chi connectivity index (χ1n) is 8.86. The summed E-state index contributed by atoms with van der Waals surface area (Å²) >= 11 is 0. The third-order valence-electron chi connectivity index (χ3n) is 4.91. The summed E-state index contributed by atoms with van der Waals surface area (Å²) in [6.45, 7) is 0.419. The summed E-state index contributed by atoms with van der Waals surface area (Å²) in [6, 6.07) is 23.0. The lowest BCUT2D eigenvalue weighted by Gasteiger charge is -2.10. The molecule has 3 aromatic carbocycles. The van der Waals surface area contributed by atoms with E-state index < -0.39 is 5.91 Å². The van der Waals surface area contributed by atoms with Crippen LogP contribution in [-0.2, 0) is 6.54 Å². The first-order chi connectivity index (χ1) is 13.6. The molecule has 0 fully saturated rings. The number of nitrogens with zero attached hydrogens (tertiary/aromatic N) is 1. The van der Waals surface area contributed by atoms with E-state index >= 15 is 0 Å². The van der Waals surface area contributed by atoms with Gasteiger partial charge < -0.3 is 16.5 Å². The van der Waals surface area contributed by atoms with E-state index in [4.69, 9.17) is 16.7 Å². The number of primary amides is 1. The molecule has 5 heteroatoms. The maximum atomic E-state index is 12.0. The van der Waals surface area contributed by atoms with Crippen molar-refractivity contribution in [2.24, 2.45) is 11.5 Å². The van der Waals surface area contributed by atoms with Crippen molar-refractivity contribution >= 4 is 16.8 Å². The summed E-state index contributed by atoms with van der Waals surface area (Å²) in [5.41, 5.74) is 18.0. The highest BCUT2D eigenvalue weighted by Gasteiger charge is 2.16. The Morgan fingerprint density at radius 1 is 1.00 bits per heavy atom. The van der Waals surface area contributed by atoms with Gasteiger partial charge in [-0.2, -0.15) is 5.26 Å². The largest absolute Gasteiger partial charge is 0.366 e. The number of nitrogens with two attached hydrogens (primary N) is 2. The van der Waals surface area contributed by atoms with Gasteiger partial charge in [0.25, 0.3) is 5.91 Å². The SMILES string of the molecule is N#Cc1ccc(-c2cc3c(-c4ccccc4CN)ccc(C(N)=O)c3[nH]2)cc1. The summed E-state index contributed by atoms with van der Waals surface area (Å²) < 4.78 is 0. The Morgan fingerprint density at radius 2 is 1.75 bits per heavy atom. The van der Waals surface area contributed by atoms with Crippen LogP contribution < -0.4 is 11.5 Å². The molecular weight excluding hydrogens is 348 g/mol. The fourth-order valence-corrected chi connectivity index (χ4v) is 3.50. The predicted molar refractivity (Wildman–Crippen MR) is 110 cm³/mol. The number of carbonyl (C=O) groups is 1. The van der Waals surface area contributed by atoms with Crippen molar-refractivity contribution in [1.82, 2.24) is 4.98 Å². The third kappa shape index (κ3) is 2.92. The van der Waals surface area contributed by atoms with Crippen LogP contribution >= 0.6 is 0 Å². The van der Waals surface area contributed by atoms with E-state index in [0.717, 1.165) is 33.3 Å². The molecule has 0 unspecified atom stereocenters. The summed E-state index contributed by atoms with van der Waals surface area (Å²) in [6.07, 6.45) is 0. The van der Waals surface area contributed by atoms with Crippen LogP contribution in [0.2, 0.25) is 0 Å². The van der Waals surface area contributed by atoms with Crippen molar-refractivity contribution in [3.63, 3.8) is 0 Å². The number of benzene rings is 3. The van der Waals surface area contributed by atoms with E-state index in [1.165, 1.54) is 0 Å². The molecule has 0 saturated carbocycles. The van der Waals surface area contributed by atoms with Crippen molar-refractivity contribution < 1.29 is 4.79 Å². The molecule has 5 nitrogen and oxygen atoms in total. The van der Waals surface area contributed by atoms with Gasteiger partial charge in [0.1, 0.15) is 0 Å². The van der Waals surface area contributed by atoms with Gasteiger partial charge in [-0.3, -0.25) is 4.79 Å².